The van der Waals surface area contributed by atoms with Gasteiger partial charge in [-0.1, -0.05) is 18.2 Å². The van der Waals surface area contributed by atoms with Gasteiger partial charge in [0.05, 0.1) is 9.77 Å². The van der Waals surface area contributed by atoms with E-state index in [0.29, 0.717) is 16.0 Å². The fourth-order valence-electron chi connectivity index (χ4n) is 1.74. The van der Waals surface area contributed by atoms with Crippen LogP contribution in [-0.2, 0) is 9.84 Å². The summed E-state index contributed by atoms with van der Waals surface area (Å²) in [5, 5.41) is 9.30. The van der Waals surface area contributed by atoms with E-state index in [-0.39, 0.29) is 10.7 Å². The van der Waals surface area contributed by atoms with Gasteiger partial charge >= 0.3 is 0 Å². The Balaban J connectivity index is 2.73. The molecule has 0 saturated carbocycles. The Bertz CT molecular complexity index is 702. The lowest BCUT2D eigenvalue weighted by Crippen LogP contribution is -2.10. The Hall–Kier alpha value is -1.66. The van der Waals surface area contributed by atoms with Crippen LogP contribution in [0.1, 0.15) is 4.88 Å². The molecule has 1 aromatic carbocycles. The molecule has 0 aliphatic carbocycles. The second-order valence-electron chi connectivity index (χ2n) is 3.85. The van der Waals surface area contributed by atoms with Gasteiger partial charge in [-0.05, 0) is 17.5 Å². The van der Waals surface area contributed by atoms with E-state index in [0.717, 1.165) is 0 Å². The molecule has 0 fully saturated rings. The summed E-state index contributed by atoms with van der Waals surface area (Å²) in [6.07, 6.45) is 1.17. The third kappa shape index (κ3) is 2.30. The first-order chi connectivity index (χ1) is 8.41. The Morgan fingerprint density at radius 1 is 1.22 bits per heavy atom. The number of nitrogens with two attached hydrogens (primary N) is 1. The molecular formula is C12H12N2O2S2. The van der Waals surface area contributed by atoms with E-state index in [1.165, 1.54) is 17.6 Å². The highest BCUT2D eigenvalue weighted by atomic mass is 32.2. The van der Waals surface area contributed by atoms with Crippen LogP contribution >= 0.6 is 11.3 Å². The lowest BCUT2D eigenvalue weighted by molar-refractivity contribution is 0.602. The van der Waals surface area contributed by atoms with Gasteiger partial charge < -0.3 is 5.73 Å². The molecule has 4 nitrogen and oxygen atoms in total. The van der Waals surface area contributed by atoms with Gasteiger partial charge in [0.2, 0.25) is 0 Å². The lowest BCUT2D eigenvalue weighted by Gasteiger charge is -2.08. The third-order valence-corrected chi connectivity index (χ3v) is 4.59. The minimum Gasteiger partial charge on any atom is -0.383 e. The van der Waals surface area contributed by atoms with E-state index in [4.69, 9.17) is 11.1 Å². The van der Waals surface area contributed by atoms with Crippen molar-refractivity contribution >= 4 is 27.0 Å². The number of nitrogen functional groups attached to an aromatic ring is 1. The number of amidine groups is 1. The summed E-state index contributed by atoms with van der Waals surface area (Å²) < 4.78 is 23.5. The van der Waals surface area contributed by atoms with Crippen LogP contribution in [-0.4, -0.2) is 20.5 Å². The molecule has 0 saturated heterocycles. The first kappa shape index (κ1) is 12.8. The van der Waals surface area contributed by atoms with E-state index in [1.54, 1.807) is 35.7 Å². The molecule has 6 heteroatoms. The normalized spacial score (nSPS) is 11.4. The number of hydrogen-bond acceptors (Lipinski definition) is 4. The van der Waals surface area contributed by atoms with Crippen molar-refractivity contribution < 1.29 is 8.42 Å². The van der Waals surface area contributed by atoms with Crippen molar-refractivity contribution in [3.05, 3.63) is 40.6 Å². The van der Waals surface area contributed by atoms with Gasteiger partial charge in [0.1, 0.15) is 5.84 Å². The van der Waals surface area contributed by atoms with Crippen LogP contribution in [0.5, 0.6) is 0 Å². The maximum atomic E-state index is 11.7. The summed E-state index contributed by atoms with van der Waals surface area (Å²) in [6.45, 7) is 0. The van der Waals surface area contributed by atoms with Crippen molar-refractivity contribution in [3.63, 3.8) is 0 Å². The fraction of sp³-hybridized carbons (Fsp3) is 0.0833. The number of nitrogens with one attached hydrogen (secondary N) is 1. The smallest absolute Gasteiger partial charge is 0.176 e. The van der Waals surface area contributed by atoms with Crippen LogP contribution in [0.4, 0.5) is 0 Å². The van der Waals surface area contributed by atoms with E-state index in [9.17, 15) is 8.42 Å². The molecule has 0 radical (unpaired) electrons. The molecule has 0 amide bonds. The standard InChI is InChI=1S/C12H12N2O2S2/c1-18(15,16)10-5-3-2-4-8(10)9-6-7-17-11(9)12(13)14/h2-7H,1H3,(H3,13,14). The molecular weight excluding hydrogens is 268 g/mol. The summed E-state index contributed by atoms with van der Waals surface area (Å²) in [5.41, 5.74) is 6.78. The average Bonchev–Trinajstić information content (AvgIpc) is 2.76. The number of sulfone groups is 1. The molecule has 0 bridgehead atoms. The monoisotopic (exact) mass is 280 g/mol. The van der Waals surface area contributed by atoms with Gasteiger partial charge in [0.25, 0.3) is 0 Å². The summed E-state index contributed by atoms with van der Waals surface area (Å²) in [4.78, 5) is 0.844. The highest BCUT2D eigenvalue weighted by molar-refractivity contribution is 7.90. The van der Waals surface area contributed by atoms with Gasteiger partial charge in [-0.25, -0.2) is 8.42 Å². The number of thiophene rings is 1. The number of benzene rings is 1. The Morgan fingerprint density at radius 3 is 2.50 bits per heavy atom. The van der Waals surface area contributed by atoms with Gasteiger partial charge in [0, 0.05) is 17.4 Å². The van der Waals surface area contributed by atoms with Crippen molar-refractivity contribution in [2.24, 2.45) is 5.73 Å². The maximum Gasteiger partial charge on any atom is 0.176 e. The Kier molecular flexibility index (Phi) is 3.23. The van der Waals surface area contributed by atoms with Gasteiger partial charge in [0.15, 0.2) is 9.84 Å². The Labute approximate surface area is 110 Å². The van der Waals surface area contributed by atoms with Crippen LogP contribution in [0.3, 0.4) is 0 Å². The minimum atomic E-state index is -3.31. The van der Waals surface area contributed by atoms with Crippen molar-refractivity contribution in [2.75, 3.05) is 6.26 Å². The topological polar surface area (TPSA) is 84.0 Å². The summed E-state index contributed by atoms with van der Waals surface area (Å²) in [5.74, 6) is -0.0525. The molecule has 18 heavy (non-hydrogen) atoms. The summed E-state index contributed by atoms with van der Waals surface area (Å²) >= 11 is 1.33. The average molecular weight is 280 g/mol. The summed E-state index contributed by atoms with van der Waals surface area (Å²) in [6, 6.07) is 8.52. The zero-order valence-corrected chi connectivity index (χ0v) is 11.3. The second-order valence-corrected chi connectivity index (χ2v) is 6.75. The van der Waals surface area contributed by atoms with E-state index in [2.05, 4.69) is 0 Å². The van der Waals surface area contributed by atoms with Gasteiger partial charge in [-0.3, -0.25) is 5.41 Å². The lowest BCUT2D eigenvalue weighted by atomic mass is 10.1. The fourth-order valence-corrected chi connectivity index (χ4v) is 3.42. The number of rotatable bonds is 3. The van der Waals surface area contributed by atoms with Crippen LogP contribution in [0.15, 0.2) is 40.6 Å². The summed E-state index contributed by atoms with van der Waals surface area (Å²) in [7, 11) is -3.31. The van der Waals surface area contributed by atoms with Crippen molar-refractivity contribution in [2.45, 2.75) is 4.90 Å². The van der Waals surface area contributed by atoms with Crippen LogP contribution in [0.25, 0.3) is 11.1 Å². The Morgan fingerprint density at radius 2 is 1.89 bits per heavy atom. The first-order valence-corrected chi connectivity index (χ1v) is 7.89. The zero-order valence-electron chi connectivity index (χ0n) is 9.67. The molecule has 1 aromatic heterocycles. The molecule has 0 atom stereocenters. The van der Waals surface area contributed by atoms with Gasteiger partial charge in [-0.15, -0.1) is 11.3 Å². The molecule has 2 rings (SSSR count). The molecule has 1 heterocycles. The van der Waals surface area contributed by atoms with Crippen LogP contribution < -0.4 is 5.73 Å². The zero-order chi connectivity index (χ0) is 13.3. The maximum absolute atomic E-state index is 11.7. The highest BCUT2D eigenvalue weighted by Gasteiger charge is 2.17. The molecule has 0 unspecified atom stereocenters. The predicted octanol–water partition coefficient (Wildman–Crippen LogP) is 2.10. The predicted molar refractivity (Wildman–Crippen MR) is 73.9 cm³/mol. The van der Waals surface area contributed by atoms with Crippen molar-refractivity contribution in [1.29, 1.82) is 5.41 Å². The quantitative estimate of drug-likeness (QED) is 0.667. The van der Waals surface area contributed by atoms with E-state index < -0.39 is 9.84 Å². The molecule has 0 aliphatic heterocycles. The number of hydrogen-bond donors (Lipinski definition) is 2. The molecule has 0 aliphatic rings. The van der Waals surface area contributed by atoms with E-state index in [1.807, 2.05) is 0 Å². The SMILES string of the molecule is CS(=O)(=O)c1ccccc1-c1ccsc1C(=N)N. The second kappa shape index (κ2) is 4.55. The van der Waals surface area contributed by atoms with Crippen LogP contribution in [0.2, 0.25) is 0 Å². The molecule has 3 N–H and O–H groups in total. The van der Waals surface area contributed by atoms with E-state index >= 15 is 0 Å². The molecule has 94 valence electrons. The minimum absolute atomic E-state index is 0.0525. The van der Waals surface area contributed by atoms with Gasteiger partial charge in [-0.2, -0.15) is 0 Å². The highest BCUT2D eigenvalue weighted by Crippen LogP contribution is 2.32. The van der Waals surface area contributed by atoms with Crippen molar-refractivity contribution in [3.8, 4) is 11.1 Å². The third-order valence-electron chi connectivity index (χ3n) is 2.49. The molecule has 0 spiro atoms. The largest absolute Gasteiger partial charge is 0.383 e. The van der Waals surface area contributed by atoms with Crippen molar-refractivity contribution in [1.82, 2.24) is 0 Å². The molecule has 2 aromatic rings. The van der Waals surface area contributed by atoms with Crippen LogP contribution in [0, 0.1) is 5.41 Å². The first-order valence-electron chi connectivity index (χ1n) is 5.12.